The van der Waals surface area contributed by atoms with Crippen molar-refractivity contribution in [3.8, 4) is 0 Å². The van der Waals surface area contributed by atoms with Gasteiger partial charge in [-0.25, -0.2) is 0 Å². The summed E-state index contributed by atoms with van der Waals surface area (Å²) in [6, 6.07) is 12.3. The Morgan fingerprint density at radius 2 is 2.04 bits per heavy atom. The van der Waals surface area contributed by atoms with Crippen molar-refractivity contribution in [3.05, 3.63) is 64.9 Å². The van der Waals surface area contributed by atoms with Crippen molar-refractivity contribution < 1.29 is 4.79 Å². The van der Waals surface area contributed by atoms with E-state index in [4.69, 9.17) is 11.6 Å². The molecule has 1 aliphatic rings. The number of hydrogen-bond donors (Lipinski definition) is 0. The maximum atomic E-state index is 12.8. The topological polar surface area (TPSA) is 36.4 Å². The lowest BCUT2D eigenvalue weighted by atomic mass is 10.0. The highest BCUT2D eigenvalue weighted by Gasteiger charge is 2.27. The molecule has 0 N–H and O–H groups in total. The molecule has 1 saturated heterocycles. The highest BCUT2D eigenvalue weighted by Crippen LogP contribution is 2.21. The van der Waals surface area contributed by atoms with E-state index < -0.39 is 0 Å². The third-order valence-electron chi connectivity index (χ3n) is 5.37. The Kier molecular flexibility index (Phi) is 7.25. The lowest BCUT2D eigenvalue weighted by Gasteiger charge is -2.39. The molecular formula is C22H28ClN3O. The van der Waals surface area contributed by atoms with E-state index >= 15 is 0 Å². The van der Waals surface area contributed by atoms with E-state index in [9.17, 15) is 4.79 Å². The summed E-state index contributed by atoms with van der Waals surface area (Å²) in [4.78, 5) is 21.4. The number of likely N-dealkylation sites (N-methyl/N-ethyl adjacent to an activating group) is 1. The van der Waals surface area contributed by atoms with Gasteiger partial charge >= 0.3 is 0 Å². The molecule has 1 fully saturated rings. The molecule has 0 spiro atoms. The van der Waals surface area contributed by atoms with Crippen LogP contribution in [0.25, 0.3) is 0 Å². The summed E-state index contributed by atoms with van der Waals surface area (Å²) < 4.78 is 0. The maximum absolute atomic E-state index is 12.8. The van der Waals surface area contributed by atoms with E-state index in [-0.39, 0.29) is 5.91 Å². The molecule has 1 atom stereocenters. The van der Waals surface area contributed by atoms with Gasteiger partial charge in [0.25, 0.3) is 0 Å². The van der Waals surface area contributed by atoms with Gasteiger partial charge in [-0.2, -0.15) is 0 Å². The van der Waals surface area contributed by atoms with Crippen LogP contribution >= 0.6 is 11.6 Å². The van der Waals surface area contributed by atoms with Crippen LogP contribution in [0, 0.1) is 0 Å². The Morgan fingerprint density at radius 1 is 1.26 bits per heavy atom. The number of hydrogen-bond acceptors (Lipinski definition) is 3. The van der Waals surface area contributed by atoms with Gasteiger partial charge in [0, 0.05) is 49.5 Å². The summed E-state index contributed by atoms with van der Waals surface area (Å²) in [6.45, 7) is 5.77. The van der Waals surface area contributed by atoms with Crippen molar-refractivity contribution in [1.82, 2.24) is 14.8 Å². The van der Waals surface area contributed by atoms with Crippen molar-refractivity contribution in [2.45, 2.75) is 45.2 Å². The summed E-state index contributed by atoms with van der Waals surface area (Å²) in [5.74, 6) is 0.236. The van der Waals surface area contributed by atoms with Gasteiger partial charge in [-0.15, -0.1) is 0 Å². The fourth-order valence-corrected chi connectivity index (χ4v) is 4.03. The Labute approximate surface area is 167 Å². The Hall–Kier alpha value is -1.91. The number of carbonyl (C=O) groups is 1. The average molecular weight is 386 g/mol. The van der Waals surface area contributed by atoms with Crippen LogP contribution in [0.3, 0.4) is 0 Å². The highest BCUT2D eigenvalue weighted by molar-refractivity contribution is 6.31. The van der Waals surface area contributed by atoms with Gasteiger partial charge in [-0.1, -0.05) is 36.7 Å². The molecule has 0 saturated carbocycles. The Morgan fingerprint density at radius 3 is 2.78 bits per heavy atom. The largest absolute Gasteiger partial charge is 0.341 e. The summed E-state index contributed by atoms with van der Waals surface area (Å²) in [5.41, 5.74) is 2.32. The van der Waals surface area contributed by atoms with Crippen LogP contribution in [0.4, 0.5) is 0 Å². The van der Waals surface area contributed by atoms with E-state index in [1.807, 2.05) is 41.6 Å². The standard InChI is InChI=1S/C22H28ClN3O/c1-2-25(16-18-11-13-24-14-12-18)20-7-5-15-26(17-20)22(27)10-9-19-6-3-4-8-21(19)23/h3-4,6,8,11-14,20H,2,5,7,9-10,15-17H2,1H3. The van der Waals surface area contributed by atoms with Gasteiger partial charge in [0.2, 0.25) is 5.91 Å². The number of halogens is 1. The molecule has 5 heteroatoms. The van der Waals surface area contributed by atoms with Crippen LogP contribution in [0.5, 0.6) is 0 Å². The SMILES string of the molecule is CCN(Cc1ccncc1)C1CCCN(C(=O)CCc2ccccc2Cl)C1. The molecule has 0 aliphatic carbocycles. The normalized spacial score (nSPS) is 17.3. The molecule has 144 valence electrons. The smallest absolute Gasteiger partial charge is 0.222 e. The van der Waals surface area contributed by atoms with Crippen LogP contribution in [0.2, 0.25) is 5.02 Å². The minimum Gasteiger partial charge on any atom is -0.341 e. The second kappa shape index (κ2) is 9.86. The Bertz CT molecular complexity index is 737. The number of carbonyl (C=O) groups excluding carboxylic acids is 1. The minimum atomic E-state index is 0.236. The van der Waals surface area contributed by atoms with Gasteiger partial charge in [0.1, 0.15) is 0 Å². The van der Waals surface area contributed by atoms with Crippen LogP contribution < -0.4 is 0 Å². The lowest BCUT2D eigenvalue weighted by Crippen LogP contribution is -2.49. The molecule has 0 radical (unpaired) electrons. The molecule has 4 nitrogen and oxygen atoms in total. The monoisotopic (exact) mass is 385 g/mol. The van der Waals surface area contributed by atoms with Crippen molar-refractivity contribution in [2.75, 3.05) is 19.6 Å². The molecule has 27 heavy (non-hydrogen) atoms. The van der Waals surface area contributed by atoms with Crippen molar-refractivity contribution in [2.24, 2.45) is 0 Å². The molecule has 0 bridgehead atoms. The first kappa shape index (κ1) is 19.8. The van der Waals surface area contributed by atoms with Gasteiger partial charge in [0.05, 0.1) is 0 Å². The Balaban J connectivity index is 1.56. The zero-order valence-electron chi connectivity index (χ0n) is 16.0. The number of piperidine rings is 1. The molecule has 1 aliphatic heterocycles. The second-order valence-electron chi connectivity index (χ2n) is 7.15. The van der Waals surface area contributed by atoms with Crippen LogP contribution in [0.1, 0.15) is 37.3 Å². The van der Waals surface area contributed by atoms with Gasteiger partial charge in [0.15, 0.2) is 0 Å². The first-order chi connectivity index (χ1) is 13.2. The van der Waals surface area contributed by atoms with Crippen molar-refractivity contribution in [1.29, 1.82) is 0 Å². The number of aromatic nitrogens is 1. The van der Waals surface area contributed by atoms with Crippen molar-refractivity contribution >= 4 is 17.5 Å². The molecule has 1 amide bonds. The minimum absolute atomic E-state index is 0.236. The number of pyridine rings is 1. The fourth-order valence-electron chi connectivity index (χ4n) is 3.80. The second-order valence-corrected chi connectivity index (χ2v) is 7.55. The number of likely N-dealkylation sites (tertiary alicyclic amines) is 1. The summed E-state index contributed by atoms with van der Waals surface area (Å²) in [7, 11) is 0. The number of amides is 1. The van der Waals surface area contributed by atoms with Gasteiger partial charge in [-0.3, -0.25) is 14.7 Å². The van der Waals surface area contributed by atoms with E-state index in [0.717, 1.165) is 49.6 Å². The van der Waals surface area contributed by atoms with E-state index in [1.165, 1.54) is 5.56 Å². The summed E-state index contributed by atoms with van der Waals surface area (Å²) >= 11 is 6.22. The predicted octanol–water partition coefficient (Wildman–Crippen LogP) is 4.18. The molecule has 1 unspecified atom stereocenters. The third-order valence-corrected chi connectivity index (χ3v) is 5.74. The molecular weight excluding hydrogens is 358 g/mol. The van der Waals surface area contributed by atoms with Crippen LogP contribution in [0.15, 0.2) is 48.8 Å². The highest BCUT2D eigenvalue weighted by atomic mass is 35.5. The molecule has 2 heterocycles. The van der Waals surface area contributed by atoms with Gasteiger partial charge < -0.3 is 4.90 Å². The fraction of sp³-hybridized carbons (Fsp3) is 0.455. The lowest BCUT2D eigenvalue weighted by molar-refractivity contribution is -0.133. The summed E-state index contributed by atoms with van der Waals surface area (Å²) in [6.07, 6.45) is 7.12. The first-order valence-corrected chi connectivity index (χ1v) is 10.2. The van der Waals surface area contributed by atoms with Crippen molar-refractivity contribution in [3.63, 3.8) is 0 Å². The zero-order chi connectivity index (χ0) is 19.1. The molecule has 1 aromatic carbocycles. The molecule has 3 rings (SSSR count). The zero-order valence-corrected chi connectivity index (χ0v) is 16.7. The van der Waals surface area contributed by atoms with Crippen LogP contribution in [-0.2, 0) is 17.8 Å². The molecule has 1 aromatic heterocycles. The third kappa shape index (κ3) is 5.53. The number of aryl methyl sites for hydroxylation is 1. The van der Waals surface area contributed by atoms with E-state index in [0.29, 0.717) is 18.9 Å². The first-order valence-electron chi connectivity index (χ1n) is 9.81. The van der Waals surface area contributed by atoms with Crippen LogP contribution in [-0.4, -0.2) is 46.4 Å². The average Bonchev–Trinajstić information content (AvgIpc) is 2.72. The number of benzene rings is 1. The predicted molar refractivity (Wildman–Crippen MR) is 110 cm³/mol. The van der Waals surface area contributed by atoms with E-state index in [2.05, 4.69) is 28.9 Å². The number of rotatable bonds is 7. The maximum Gasteiger partial charge on any atom is 0.222 e. The summed E-state index contributed by atoms with van der Waals surface area (Å²) in [5, 5.41) is 0.747. The molecule has 2 aromatic rings. The van der Waals surface area contributed by atoms with E-state index in [1.54, 1.807) is 0 Å². The quantitative estimate of drug-likeness (QED) is 0.717. The number of nitrogens with zero attached hydrogens (tertiary/aromatic N) is 3. The van der Waals surface area contributed by atoms with Gasteiger partial charge in [-0.05, 0) is 55.1 Å².